The van der Waals surface area contributed by atoms with E-state index >= 15 is 0 Å². The molecule has 0 atom stereocenters. The van der Waals surface area contributed by atoms with Crippen LogP contribution in [0.5, 0.6) is 0 Å². The summed E-state index contributed by atoms with van der Waals surface area (Å²) in [5.74, 6) is 1.07. The van der Waals surface area contributed by atoms with Crippen LogP contribution in [0.2, 0.25) is 0 Å². The van der Waals surface area contributed by atoms with Gasteiger partial charge in [-0.2, -0.15) is 24.7 Å². The summed E-state index contributed by atoms with van der Waals surface area (Å²) >= 11 is 1.63. The van der Waals surface area contributed by atoms with Crippen molar-refractivity contribution in [3.63, 3.8) is 0 Å². The van der Waals surface area contributed by atoms with Crippen molar-refractivity contribution in [2.45, 2.75) is 6.92 Å². The zero-order valence-electron chi connectivity index (χ0n) is 9.48. The van der Waals surface area contributed by atoms with Crippen molar-refractivity contribution in [2.24, 2.45) is 0 Å². The highest BCUT2D eigenvalue weighted by Gasteiger charge is 2.11. The predicted molar refractivity (Wildman–Crippen MR) is 67.2 cm³/mol. The largest absolute Gasteiger partial charge is 0.368 e. The van der Waals surface area contributed by atoms with E-state index in [0.29, 0.717) is 11.8 Å². The normalized spacial score (nSPS) is 10.7. The third-order valence-electron chi connectivity index (χ3n) is 2.36. The number of anilines is 1. The molecule has 0 aliphatic carbocycles. The van der Waals surface area contributed by atoms with Gasteiger partial charge in [0.25, 0.3) is 5.95 Å². The Balaban J connectivity index is 2.15. The molecule has 0 radical (unpaired) electrons. The maximum atomic E-state index is 5.70. The van der Waals surface area contributed by atoms with Crippen molar-refractivity contribution >= 4 is 17.3 Å². The van der Waals surface area contributed by atoms with Crippen molar-refractivity contribution in [3.05, 3.63) is 29.0 Å². The number of nitrogens with zero attached hydrogens (tertiary/aromatic N) is 6. The van der Waals surface area contributed by atoms with Crippen LogP contribution in [0.3, 0.4) is 0 Å². The fourth-order valence-corrected chi connectivity index (χ4v) is 2.23. The van der Waals surface area contributed by atoms with Crippen molar-refractivity contribution < 1.29 is 0 Å². The van der Waals surface area contributed by atoms with Gasteiger partial charge in [-0.05, 0) is 18.4 Å². The molecule has 18 heavy (non-hydrogen) atoms. The van der Waals surface area contributed by atoms with Gasteiger partial charge in [0.1, 0.15) is 12.7 Å². The summed E-state index contributed by atoms with van der Waals surface area (Å²) in [7, 11) is 0. The van der Waals surface area contributed by atoms with E-state index in [-0.39, 0.29) is 5.95 Å². The number of thiophene rings is 1. The van der Waals surface area contributed by atoms with Crippen LogP contribution in [-0.2, 0) is 0 Å². The molecule has 2 N–H and O–H groups in total. The highest BCUT2D eigenvalue weighted by Crippen LogP contribution is 2.25. The molecule has 0 spiro atoms. The first-order valence-electron chi connectivity index (χ1n) is 5.15. The number of rotatable bonds is 2. The lowest BCUT2D eigenvalue weighted by Gasteiger charge is -2.03. The maximum Gasteiger partial charge on any atom is 0.257 e. The third kappa shape index (κ3) is 1.82. The second kappa shape index (κ2) is 4.15. The van der Waals surface area contributed by atoms with Crippen LogP contribution in [0.15, 0.2) is 24.1 Å². The molecule has 0 fully saturated rings. The first-order chi connectivity index (χ1) is 8.74. The molecule has 90 valence electrons. The van der Waals surface area contributed by atoms with Crippen molar-refractivity contribution in [1.82, 2.24) is 29.7 Å². The molecule has 3 rings (SSSR count). The summed E-state index contributed by atoms with van der Waals surface area (Å²) in [5, 5.41) is 5.96. The Labute approximate surface area is 106 Å². The topological polar surface area (TPSA) is 95.4 Å². The first-order valence-corrected chi connectivity index (χ1v) is 6.03. The standard InChI is InChI=1S/C10H9N7S/c1-6-7(2-3-18-6)8-14-9(11)16-10(15-8)17-5-12-4-13-17/h2-5H,1H3,(H2,11,14,15,16). The van der Waals surface area contributed by atoms with Crippen LogP contribution in [0.1, 0.15) is 4.88 Å². The smallest absolute Gasteiger partial charge is 0.257 e. The molecule has 3 heterocycles. The van der Waals surface area contributed by atoms with Gasteiger partial charge in [-0.25, -0.2) is 4.98 Å². The lowest BCUT2D eigenvalue weighted by Crippen LogP contribution is -2.08. The Morgan fingerprint density at radius 2 is 2.17 bits per heavy atom. The predicted octanol–water partition coefficient (Wildman–Crippen LogP) is 1.07. The van der Waals surface area contributed by atoms with Gasteiger partial charge in [0, 0.05) is 10.4 Å². The zero-order chi connectivity index (χ0) is 12.5. The van der Waals surface area contributed by atoms with Gasteiger partial charge < -0.3 is 5.73 Å². The van der Waals surface area contributed by atoms with Gasteiger partial charge in [0.2, 0.25) is 5.95 Å². The minimum absolute atomic E-state index is 0.163. The number of hydrogen-bond donors (Lipinski definition) is 1. The lowest BCUT2D eigenvalue weighted by atomic mass is 10.2. The van der Waals surface area contributed by atoms with Crippen LogP contribution < -0.4 is 5.73 Å². The molecule has 7 nitrogen and oxygen atoms in total. The lowest BCUT2D eigenvalue weighted by molar-refractivity contribution is 0.800. The third-order valence-corrected chi connectivity index (χ3v) is 3.21. The number of aromatic nitrogens is 6. The summed E-state index contributed by atoms with van der Waals surface area (Å²) in [4.78, 5) is 17.5. The molecule has 0 aliphatic rings. The van der Waals surface area contributed by atoms with E-state index in [9.17, 15) is 0 Å². The molecule has 0 amide bonds. The molecule has 0 saturated heterocycles. The highest BCUT2D eigenvalue weighted by molar-refractivity contribution is 7.10. The molecule has 3 aromatic heterocycles. The molecular formula is C10H9N7S. The summed E-state index contributed by atoms with van der Waals surface area (Å²) in [5.41, 5.74) is 6.66. The highest BCUT2D eigenvalue weighted by atomic mass is 32.1. The fourth-order valence-electron chi connectivity index (χ4n) is 1.53. The number of nitrogen functional groups attached to an aromatic ring is 1. The van der Waals surface area contributed by atoms with E-state index < -0.39 is 0 Å². The van der Waals surface area contributed by atoms with E-state index in [1.807, 2.05) is 18.4 Å². The van der Waals surface area contributed by atoms with Crippen LogP contribution in [0.4, 0.5) is 5.95 Å². The van der Waals surface area contributed by atoms with Gasteiger partial charge in [-0.15, -0.1) is 11.3 Å². The van der Waals surface area contributed by atoms with E-state index in [2.05, 4.69) is 25.0 Å². The molecule has 0 unspecified atom stereocenters. The Morgan fingerprint density at radius 3 is 2.83 bits per heavy atom. The van der Waals surface area contributed by atoms with Crippen LogP contribution >= 0.6 is 11.3 Å². The molecule has 0 aromatic carbocycles. The maximum absolute atomic E-state index is 5.70. The minimum Gasteiger partial charge on any atom is -0.368 e. The molecule has 3 aromatic rings. The van der Waals surface area contributed by atoms with Crippen molar-refractivity contribution in [3.8, 4) is 17.3 Å². The van der Waals surface area contributed by atoms with Gasteiger partial charge in [0.15, 0.2) is 5.82 Å². The zero-order valence-corrected chi connectivity index (χ0v) is 10.3. The quantitative estimate of drug-likeness (QED) is 0.739. The first kappa shape index (κ1) is 10.8. The van der Waals surface area contributed by atoms with E-state index in [1.54, 1.807) is 11.3 Å². The second-order valence-electron chi connectivity index (χ2n) is 3.55. The molecule has 0 bridgehead atoms. The summed E-state index contributed by atoms with van der Waals surface area (Å²) in [6, 6.07) is 1.96. The van der Waals surface area contributed by atoms with Crippen LogP contribution in [0, 0.1) is 6.92 Å². The van der Waals surface area contributed by atoms with E-state index in [1.165, 1.54) is 17.3 Å². The molecular weight excluding hydrogens is 250 g/mol. The fraction of sp³-hybridized carbons (Fsp3) is 0.100. The van der Waals surface area contributed by atoms with Gasteiger partial charge in [-0.3, -0.25) is 0 Å². The monoisotopic (exact) mass is 259 g/mol. The molecule has 0 aliphatic heterocycles. The Kier molecular flexibility index (Phi) is 2.49. The molecule has 0 saturated carbocycles. The average molecular weight is 259 g/mol. The molecule has 8 heteroatoms. The minimum atomic E-state index is 0.163. The number of aryl methyl sites for hydroxylation is 1. The Bertz CT molecular complexity index is 673. The van der Waals surface area contributed by atoms with Crippen molar-refractivity contribution in [2.75, 3.05) is 5.73 Å². The SMILES string of the molecule is Cc1sccc1-c1nc(N)nc(-n2cncn2)n1. The van der Waals surface area contributed by atoms with Gasteiger partial charge in [0.05, 0.1) is 0 Å². The van der Waals surface area contributed by atoms with E-state index in [4.69, 9.17) is 5.73 Å². The second-order valence-corrected chi connectivity index (χ2v) is 4.67. The average Bonchev–Trinajstić information content (AvgIpc) is 2.98. The van der Waals surface area contributed by atoms with Gasteiger partial charge in [-0.1, -0.05) is 0 Å². The number of hydrogen-bond acceptors (Lipinski definition) is 7. The summed E-state index contributed by atoms with van der Waals surface area (Å²) in [6.45, 7) is 2.01. The van der Waals surface area contributed by atoms with Gasteiger partial charge >= 0.3 is 0 Å². The van der Waals surface area contributed by atoms with Crippen LogP contribution in [-0.4, -0.2) is 29.7 Å². The van der Waals surface area contributed by atoms with E-state index in [0.717, 1.165) is 10.4 Å². The summed E-state index contributed by atoms with van der Waals surface area (Å²) < 4.78 is 1.45. The van der Waals surface area contributed by atoms with Crippen LogP contribution in [0.25, 0.3) is 17.3 Å². The van der Waals surface area contributed by atoms with Crippen molar-refractivity contribution in [1.29, 1.82) is 0 Å². The number of nitrogens with two attached hydrogens (primary N) is 1. The Morgan fingerprint density at radius 1 is 1.28 bits per heavy atom. The summed E-state index contributed by atoms with van der Waals surface area (Å²) in [6.07, 6.45) is 2.93. The Hall–Kier alpha value is -2.35.